The number of piperazine rings is 1. The van der Waals surface area contributed by atoms with Gasteiger partial charge in [0.2, 0.25) is 0 Å². The van der Waals surface area contributed by atoms with Crippen LogP contribution in [0.1, 0.15) is 5.69 Å². The third-order valence-corrected chi connectivity index (χ3v) is 3.41. The molecule has 106 valence electrons. The molecule has 0 amide bonds. The molecule has 0 spiro atoms. The van der Waals surface area contributed by atoms with Crippen molar-refractivity contribution >= 4 is 5.82 Å². The molecule has 1 aromatic rings. The van der Waals surface area contributed by atoms with Crippen LogP contribution in [0.15, 0.2) is 12.4 Å². The van der Waals surface area contributed by atoms with Gasteiger partial charge in [0.05, 0.1) is 24.7 Å². The van der Waals surface area contributed by atoms with Gasteiger partial charge in [0.15, 0.2) is 0 Å². The Balaban J connectivity index is 1.81. The third kappa shape index (κ3) is 4.12. The molecule has 0 aromatic carbocycles. The zero-order valence-electron chi connectivity index (χ0n) is 11.8. The molecule has 1 aliphatic rings. The van der Waals surface area contributed by atoms with Crippen molar-refractivity contribution in [1.29, 1.82) is 0 Å². The van der Waals surface area contributed by atoms with Crippen LogP contribution in [0, 0.1) is 0 Å². The van der Waals surface area contributed by atoms with Crippen LogP contribution in [-0.4, -0.2) is 78.2 Å². The van der Waals surface area contributed by atoms with Crippen LogP contribution in [0.25, 0.3) is 0 Å². The molecule has 2 rings (SSSR count). The van der Waals surface area contributed by atoms with Crippen molar-refractivity contribution in [1.82, 2.24) is 19.8 Å². The van der Waals surface area contributed by atoms with Crippen molar-refractivity contribution in [2.24, 2.45) is 0 Å². The van der Waals surface area contributed by atoms with E-state index in [-0.39, 0.29) is 6.61 Å². The molecule has 0 saturated carbocycles. The van der Waals surface area contributed by atoms with E-state index in [1.165, 1.54) is 0 Å². The number of anilines is 1. The highest BCUT2D eigenvalue weighted by molar-refractivity contribution is 5.36. The van der Waals surface area contributed by atoms with E-state index in [1.54, 1.807) is 12.4 Å². The van der Waals surface area contributed by atoms with Crippen LogP contribution in [0.4, 0.5) is 5.82 Å². The van der Waals surface area contributed by atoms with Gasteiger partial charge < -0.3 is 14.9 Å². The molecule has 0 atom stereocenters. The van der Waals surface area contributed by atoms with Gasteiger partial charge in [0, 0.05) is 39.3 Å². The predicted octanol–water partition coefficient (Wildman–Crippen LogP) is -0.347. The maximum absolute atomic E-state index is 8.95. The molecule has 1 aromatic heterocycles. The molecular formula is C13H23N5O. The number of rotatable bonds is 5. The van der Waals surface area contributed by atoms with Crippen LogP contribution >= 0.6 is 0 Å². The number of likely N-dealkylation sites (N-methyl/N-ethyl adjacent to an activating group) is 1. The zero-order chi connectivity index (χ0) is 13.7. The van der Waals surface area contributed by atoms with Crippen LogP contribution in [0.5, 0.6) is 0 Å². The molecule has 19 heavy (non-hydrogen) atoms. The Morgan fingerprint density at radius 1 is 1.16 bits per heavy atom. The first-order valence-corrected chi connectivity index (χ1v) is 6.73. The molecule has 0 radical (unpaired) electrons. The van der Waals surface area contributed by atoms with Gasteiger partial charge in [-0.15, -0.1) is 0 Å². The van der Waals surface area contributed by atoms with Gasteiger partial charge in [-0.25, -0.2) is 4.98 Å². The van der Waals surface area contributed by atoms with E-state index < -0.39 is 0 Å². The van der Waals surface area contributed by atoms with Gasteiger partial charge >= 0.3 is 0 Å². The maximum atomic E-state index is 8.95. The molecule has 0 aliphatic carbocycles. The maximum Gasteiger partial charge on any atom is 0.147 e. The Morgan fingerprint density at radius 3 is 2.42 bits per heavy atom. The summed E-state index contributed by atoms with van der Waals surface area (Å²) in [5.41, 5.74) is 0.619. The number of nitrogens with zero attached hydrogens (tertiary/aromatic N) is 5. The van der Waals surface area contributed by atoms with Gasteiger partial charge in [-0.1, -0.05) is 0 Å². The van der Waals surface area contributed by atoms with Gasteiger partial charge in [-0.3, -0.25) is 9.88 Å². The fourth-order valence-electron chi connectivity index (χ4n) is 2.13. The van der Waals surface area contributed by atoms with Crippen molar-refractivity contribution in [3.63, 3.8) is 0 Å². The monoisotopic (exact) mass is 265 g/mol. The number of aromatic nitrogens is 2. The Bertz CT molecular complexity index is 373. The lowest BCUT2D eigenvalue weighted by atomic mass is 10.3. The molecule has 1 fully saturated rings. The van der Waals surface area contributed by atoms with Gasteiger partial charge in [-0.05, 0) is 14.1 Å². The third-order valence-electron chi connectivity index (χ3n) is 3.41. The first kappa shape index (κ1) is 14.2. The summed E-state index contributed by atoms with van der Waals surface area (Å²) >= 11 is 0. The summed E-state index contributed by atoms with van der Waals surface area (Å²) in [7, 11) is 4.21. The highest BCUT2D eigenvalue weighted by atomic mass is 16.3. The normalized spacial score (nSPS) is 17.2. The van der Waals surface area contributed by atoms with E-state index >= 15 is 0 Å². The summed E-state index contributed by atoms with van der Waals surface area (Å²) < 4.78 is 0. The van der Waals surface area contributed by atoms with E-state index in [1.807, 2.05) is 0 Å². The van der Waals surface area contributed by atoms with Crippen molar-refractivity contribution in [2.45, 2.75) is 6.61 Å². The SMILES string of the molecule is CN(C)CCN1CCN(c2cnc(CO)cn2)CC1. The van der Waals surface area contributed by atoms with Crippen molar-refractivity contribution in [3.8, 4) is 0 Å². The highest BCUT2D eigenvalue weighted by Crippen LogP contribution is 2.12. The second-order valence-electron chi connectivity index (χ2n) is 5.16. The summed E-state index contributed by atoms with van der Waals surface area (Å²) in [5, 5.41) is 8.95. The lowest BCUT2D eigenvalue weighted by Gasteiger charge is -2.35. The lowest BCUT2D eigenvalue weighted by molar-refractivity contribution is 0.229. The summed E-state index contributed by atoms with van der Waals surface area (Å²) in [4.78, 5) is 15.5. The Kier molecular flexibility index (Phi) is 5.07. The van der Waals surface area contributed by atoms with E-state index in [2.05, 4.69) is 38.8 Å². The minimum Gasteiger partial charge on any atom is -0.390 e. The average Bonchev–Trinajstić information content (AvgIpc) is 2.46. The second kappa shape index (κ2) is 6.79. The predicted molar refractivity (Wildman–Crippen MR) is 75.2 cm³/mol. The molecule has 1 aliphatic heterocycles. The molecular weight excluding hydrogens is 242 g/mol. The van der Waals surface area contributed by atoms with E-state index in [9.17, 15) is 0 Å². The van der Waals surface area contributed by atoms with Crippen LogP contribution < -0.4 is 4.90 Å². The number of aliphatic hydroxyl groups excluding tert-OH is 1. The second-order valence-corrected chi connectivity index (χ2v) is 5.16. The van der Waals surface area contributed by atoms with Gasteiger partial charge in [0.25, 0.3) is 0 Å². The minimum absolute atomic E-state index is 0.0500. The number of hydrogen-bond donors (Lipinski definition) is 1. The van der Waals surface area contributed by atoms with Crippen LogP contribution in [0.3, 0.4) is 0 Å². The fraction of sp³-hybridized carbons (Fsp3) is 0.692. The van der Waals surface area contributed by atoms with Crippen molar-refractivity contribution in [2.75, 3.05) is 58.3 Å². The van der Waals surface area contributed by atoms with Crippen LogP contribution in [-0.2, 0) is 6.61 Å². The molecule has 1 saturated heterocycles. The molecule has 0 unspecified atom stereocenters. The van der Waals surface area contributed by atoms with Gasteiger partial charge in [-0.2, -0.15) is 0 Å². The largest absolute Gasteiger partial charge is 0.390 e. The molecule has 6 nitrogen and oxygen atoms in total. The highest BCUT2D eigenvalue weighted by Gasteiger charge is 2.17. The first-order chi connectivity index (χ1) is 9.19. The molecule has 0 bridgehead atoms. The topological polar surface area (TPSA) is 55.7 Å². The van der Waals surface area contributed by atoms with Crippen LogP contribution in [0.2, 0.25) is 0 Å². The standard InChI is InChI=1S/C13H23N5O/c1-16(2)3-4-17-5-7-18(8-6-17)13-10-14-12(11-19)9-15-13/h9-10,19H,3-8,11H2,1-2H3. The van der Waals surface area contributed by atoms with Crippen molar-refractivity contribution in [3.05, 3.63) is 18.1 Å². The van der Waals surface area contributed by atoms with E-state index in [0.717, 1.165) is 45.1 Å². The zero-order valence-corrected chi connectivity index (χ0v) is 11.8. The lowest BCUT2D eigenvalue weighted by Crippen LogP contribution is -2.48. The summed E-state index contributed by atoms with van der Waals surface area (Å²) in [6.45, 7) is 6.28. The number of aliphatic hydroxyl groups is 1. The Hall–Kier alpha value is -1.24. The average molecular weight is 265 g/mol. The number of hydrogen-bond acceptors (Lipinski definition) is 6. The molecule has 2 heterocycles. The minimum atomic E-state index is -0.0500. The summed E-state index contributed by atoms with van der Waals surface area (Å²) in [5.74, 6) is 0.907. The van der Waals surface area contributed by atoms with E-state index in [0.29, 0.717) is 5.69 Å². The Morgan fingerprint density at radius 2 is 1.89 bits per heavy atom. The first-order valence-electron chi connectivity index (χ1n) is 6.73. The summed E-state index contributed by atoms with van der Waals surface area (Å²) in [6, 6.07) is 0. The van der Waals surface area contributed by atoms with E-state index in [4.69, 9.17) is 5.11 Å². The van der Waals surface area contributed by atoms with Gasteiger partial charge in [0.1, 0.15) is 5.82 Å². The smallest absolute Gasteiger partial charge is 0.147 e. The molecule has 6 heteroatoms. The quantitative estimate of drug-likeness (QED) is 0.785. The fourth-order valence-corrected chi connectivity index (χ4v) is 2.13. The van der Waals surface area contributed by atoms with Crippen molar-refractivity contribution < 1.29 is 5.11 Å². The molecule has 1 N–H and O–H groups in total. The Labute approximate surface area is 114 Å². The summed E-state index contributed by atoms with van der Waals surface area (Å²) in [6.07, 6.45) is 3.40.